The second kappa shape index (κ2) is 9.59. The quantitative estimate of drug-likeness (QED) is 0.446. The third-order valence-electron chi connectivity index (χ3n) is 4.85. The summed E-state index contributed by atoms with van der Waals surface area (Å²) in [5.41, 5.74) is -5.06. The summed E-state index contributed by atoms with van der Waals surface area (Å²) < 4.78 is 63.9. The van der Waals surface area contributed by atoms with Gasteiger partial charge in [0.1, 0.15) is 4.90 Å². The van der Waals surface area contributed by atoms with Gasteiger partial charge in [0.2, 0.25) is 0 Å². The van der Waals surface area contributed by atoms with Gasteiger partial charge < -0.3 is 10.2 Å². The molecular formula is C23H18BrF3N2O4S. The molecule has 0 saturated heterocycles. The Bertz CT molecular complexity index is 1360. The molecule has 34 heavy (non-hydrogen) atoms. The van der Waals surface area contributed by atoms with E-state index < -0.39 is 31.8 Å². The highest BCUT2D eigenvalue weighted by molar-refractivity contribution is 9.10. The van der Waals surface area contributed by atoms with Gasteiger partial charge in [-0.1, -0.05) is 24.3 Å². The van der Waals surface area contributed by atoms with E-state index in [9.17, 15) is 31.2 Å². The number of nitrogens with one attached hydrogen (secondary N) is 1. The average Bonchev–Trinajstić information content (AvgIpc) is 2.79. The van der Waals surface area contributed by atoms with Gasteiger partial charge in [-0.25, -0.2) is 8.42 Å². The summed E-state index contributed by atoms with van der Waals surface area (Å²) in [6.07, 6.45) is 0. The minimum Gasteiger partial charge on any atom is -0.320 e. The molecule has 3 rings (SSSR count). The van der Waals surface area contributed by atoms with E-state index in [4.69, 9.17) is 0 Å². The number of anilines is 2. The van der Waals surface area contributed by atoms with Crippen molar-refractivity contribution in [1.82, 2.24) is 0 Å². The maximum absolute atomic E-state index is 13.2. The molecule has 1 N–H and O–H groups in total. The van der Waals surface area contributed by atoms with Gasteiger partial charge in [-0.3, -0.25) is 9.59 Å². The Kier molecular flexibility index (Phi) is 7.18. The van der Waals surface area contributed by atoms with Crippen LogP contribution in [0.2, 0.25) is 0 Å². The molecule has 0 spiro atoms. The summed E-state index contributed by atoms with van der Waals surface area (Å²) in [6.45, 7) is 1.43. The van der Waals surface area contributed by atoms with E-state index in [1.54, 1.807) is 36.4 Å². The van der Waals surface area contributed by atoms with E-state index in [2.05, 4.69) is 21.2 Å². The smallest absolute Gasteiger partial charge is 0.320 e. The standard InChI is InChI=1S/C23H18BrF3N2O4S/c1-14-11-18(24)20(19(12-14)34(32,33)23(25,26)27)28-21(30)16-9-6-10-17(13-16)29(2)22(31)15-7-4-3-5-8-15/h3-13H,1-2H3,(H,28,30). The summed E-state index contributed by atoms with van der Waals surface area (Å²) in [4.78, 5) is 25.8. The van der Waals surface area contributed by atoms with Crippen molar-refractivity contribution in [1.29, 1.82) is 0 Å². The highest BCUT2D eigenvalue weighted by Crippen LogP contribution is 2.39. The summed E-state index contributed by atoms with van der Waals surface area (Å²) in [7, 11) is -4.23. The van der Waals surface area contributed by atoms with Crippen LogP contribution in [0.25, 0.3) is 0 Å². The molecule has 0 aromatic heterocycles. The fourth-order valence-electron chi connectivity index (χ4n) is 3.10. The monoisotopic (exact) mass is 554 g/mol. The van der Waals surface area contributed by atoms with Crippen molar-refractivity contribution in [3.8, 4) is 0 Å². The van der Waals surface area contributed by atoms with Crippen molar-refractivity contribution < 1.29 is 31.2 Å². The first-order valence-corrected chi connectivity index (χ1v) is 12.0. The van der Waals surface area contributed by atoms with E-state index >= 15 is 0 Å². The Morgan fingerprint density at radius 2 is 1.56 bits per heavy atom. The van der Waals surface area contributed by atoms with Crippen LogP contribution in [0.1, 0.15) is 26.3 Å². The predicted octanol–water partition coefficient (Wildman–Crippen LogP) is 5.58. The second-order valence-electron chi connectivity index (χ2n) is 7.30. The number of sulfone groups is 1. The Balaban J connectivity index is 1.96. The minimum atomic E-state index is -5.74. The molecule has 2 amide bonds. The summed E-state index contributed by atoms with van der Waals surface area (Å²) >= 11 is 3.04. The van der Waals surface area contributed by atoms with Gasteiger partial charge in [0, 0.05) is 28.3 Å². The maximum atomic E-state index is 13.2. The van der Waals surface area contributed by atoms with Crippen LogP contribution in [0.15, 0.2) is 76.1 Å². The lowest BCUT2D eigenvalue weighted by Crippen LogP contribution is -2.27. The highest BCUT2D eigenvalue weighted by Gasteiger charge is 2.48. The normalized spacial score (nSPS) is 11.7. The molecule has 11 heteroatoms. The number of amides is 2. The van der Waals surface area contributed by atoms with E-state index in [0.717, 1.165) is 6.07 Å². The molecule has 6 nitrogen and oxygen atoms in total. The molecule has 178 valence electrons. The SMILES string of the molecule is Cc1cc(Br)c(NC(=O)c2cccc(N(C)C(=O)c3ccccc3)c2)c(S(=O)(=O)C(F)(F)F)c1. The highest BCUT2D eigenvalue weighted by atomic mass is 79.9. The number of carbonyl (C=O) groups excluding carboxylic acids is 2. The largest absolute Gasteiger partial charge is 0.501 e. The number of rotatable bonds is 5. The molecule has 0 atom stereocenters. The molecule has 0 fully saturated rings. The van der Waals surface area contributed by atoms with Gasteiger partial charge in [0.15, 0.2) is 0 Å². The molecule has 3 aromatic carbocycles. The van der Waals surface area contributed by atoms with Crippen LogP contribution >= 0.6 is 15.9 Å². The Morgan fingerprint density at radius 3 is 2.18 bits per heavy atom. The fraction of sp³-hybridized carbons (Fsp3) is 0.130. The van der Waals surface area contributed by atoms with Gasteiger partial charge in [-0.15, -0.1) is 0 Å². The molecule has 0 unspecified atom stereocenters. The lowest BCUT2D eigenvalue weighted by atomic mass is 10.1. The fourth-order valence-corrected chi connectivity index (χ4v) is 4.93. The number of alkyl halides is 3. The first-order chi connectivity index (χ1) is 15.8. The lowest BCUT2D eigenvalue weighted by molar-refractivity contribution is -0.0435. The van der Waals surface area contributed by atoms with Crippen molar-refractivity contribution in [3.05, 3.63) is 87.9 Å². The molecule has 0 bridgehead atoms. The average molecular weight is 555 g/mol. The number of nitrogens with zero attached hydrogens (tertiary/aromatic N) is 1. The molecule has 0 aliphatic carbocycles. The topological polar surface area (TPSA) is 83.6 Å². The third-order valence-corrected chi connectivity index (χ3v) is 6.99. The number of hydrogen-bond acceptors (Lipinski definition) is 4. The van der Waals surface area contributed by atoms with Crippen LogP contribution in [-0.4, -0.2) is 32.8 Å². The minimum absolute atomic E-state index is 0.00745. The number of aryl methyl sites for hydroxylation is 1. The van der Waals surface area contributed by atoms with Gasteiger partial charge >= 0.3 is 5.51 Å². The van der Waals surface area contributed by atoms with Crippen LogP contribution in [0.5, 0.6) is 0 Å². The van der Waals surface area contributed by atoms with Crippen LogP contribution in [0.3, 0.4) is 0 Å². The van der Waals surface area contributed by atoms with Crippen molar-refractivity contribution >= 4 is 49.0 Å². The van der Waals surface area contributed by atoms with E-state index in [1.165, 1.54) is 43.1 Å². The van der Waals surface area contributed by atoms with Gasteiger partial charge in [-0.2, -0.15) is 13.2 Å². The van der Waals surface area contributed by atoms with Crippen LogP contribution in [0, 0.1) is 6.92 Å². The number of hydrogen-bond donors (Lipinski definition) is 1. The molecule has 3 aromatic rings. The third kappa shape index (κ3) is 5.15. The van der Waals surface area contributed by atoms with Crippen molar-refractivity contribution in [2.24, 2.45) is 0 Å². The Labute approximate surface area is 202 Å². The number of carbonyl (C=O) groups is 2. The predicted molar refractivity (Wildman–Crippen MR) is 126 cm³/mol. The lowest BCUT2D eigenvalue weighted by Gasteiger charge is -2.19. The van der Waals surface area contributed by atoms with Crippen LogP contribution in [-0.2, 0) is 9.84 Å². The summed E-state index contributed by atoms with van der Waals surface area (Å²) in [6, 6.07) is 16.5. The summed E-state index contributed by atoms with van der Waals surface area (Å²) in [5, 5.41) is 2.26. The molecular weight excluding hydrogens is 537 g/mol. The Hall–Kier alpha value is -3.18. The van der Waals surface area contributed by atoms with E-state index in [0.29, 0.717) is 11.3 Å². The molecule has 0 radical (unpaired) electrons. The second-order valence-corrected chi connectivity index (χ2v) is 10.1. The Morgan fingerprint density at radius 1 is 0.941 bits per heavy atom. The zero-order chi connectivity index (χ0) is 25.3. The van der Waals surface area contributed by atoms with Gasteiger partial charge in [0.05, 0.1) is 5.69 Å². The first-order valence-electron chi connectivity index (χ1n) is 9.69. The molecule has 0 aliphatic heterocycles. The van der Waals surface area contributed by atoms with Crippen molar-refractivity contribution in [2.75, 3.05) is 17.3 Å². The zero-order valence-corrected chi connectivity index (χ0v) is 20.3. The van der Waals surface area contributed by atoms with E-state index in [-0.39, 0.29) is 21.5 Å². The summed E-state index contributed by atoms with van der Waals surface area (Å²) in [5.74, 6) is -1.19. The molecule has 0 aliphatic rings. The van der Waals surface area contributed by atoms with Gasteiger partial charge in [-0.05, 0) is 70.9 Å². The van der Waals surface area contributed by atoms with Gasteiger partial charge in [0.25, 0.3) is 21.7 Å². The van der Waals surface area contributed by atoms with Crippen molar-refractivity contribution in [2.45, 2.75) is 17.3 Å². The zero-order valence-electron chi connectivity index (χ0n) is 17.9. The van der Waals surface area contributed by atoms with E-state index in [1.807, 2.05) is 0 Å². The van der Waals surface area contributed by atoms with Crippen LogP contribution in [0.4, 0.5) is 24.5 Å². The molecule has 0 heterocycles. The van der Waals surface area contributed by atoms with Crippen molar-refractivity contribution in [3.63, 3.8) is 0 Å². The maximum Gasteiger partial charge on any atom is 0.501 e. The number of halogens is 4. The first kappa shape index (κ1) is 25.4. The number of benzene rings is 3. The van der Waals surface area contributed by atoms with Crippen LogP contribution < -0.4 is 10.2 Å². The molecule has 0 saturated carbocycles.